The molecule has 2 aromatic heterocycles. The van der Waals surface area contributed by atoms with Gasteiger partial charge in [-0.15, -0.1) is 22.7 Å². The number of hydrogen-bond donors (Lipinski definition) is 1. The van der Waals surface area contributed by atoms with Crippen molar-refractivity contribution >= 4 is 68.2 Å². The molecule has 1 amide bonds. The van der Waals surface area contributed by atoms with E-state index in [0.717, 1.165) is 31.5 Å². The summed E-state index contributed by atoms with van der Waals surface area (Å²) in [6.07, 6.45) is 7.01. The number of nitro benzene ring substituents is 2. The molecule has 10 nitrogen and oxygen atoms in total. The minimum atomic E-state index is -0.620. The molecule has 43 heavy (non-hydrogen) atoms. The van der Waals surface area contributed by atoms with Crippen LogP contribution in [0.15, 0.2) is 71.4 Å². The molecule has 0 saturated carbocycles. The van der Waals surface area contributed by atoms with Gasteiger partial charge >= 0.3 is 0 Å². The Labute approximate surface area is 261 Å². The molecule has 4 heterocycles. The van der Waals surface area contributed by atoms with E-state index >= 15 is 0 Å². The maximum Gasteiger partial charge on any atom is 0.269 e. The number of halogens is 1. The van der Waals surface area contributed by atoms with Gasteiger partial charge in [-0.3, -0.25) is 29.8 Å². The maximum atomic E-state index is 12.7. The van der Waals surface area contributed by atoms with Crippen molar-refractivity contribution in [2.45, 2.75) is 38.5 Å². The van der Waals surface area contributed by atoms with Crippen LogP contribution in [0.3, 0.4) is 0 Å². The molecule has 0 bridgehead atoms. The van der Waals surface area contributed by atoms with Crippen molar-refractivity contribution in [1.82, 2.24) is 0 Å². The summed E-state index contributed by atoms with van der Waals surface area (Å²) in [6, 6.07) is 15.1. The number of fused-ring (bicyclic) bond motifs is 2. The van der Waals surface area contributed by atoms with Gasteiger partial charge in [0.05, 0.1) is 15.5 Å². The highest BCUT2D eigenvalue weighted by Crippen LogP contribution is 2.32. The summed E-state index contributed by atoms with van der Waals surface area (Å²) in [4.78, 5) is 47.6. The van der Waals surface area contributed by atoms with Crippen molar-refractivity contribution in [2.75, 3.05) is 23.3 Å². The summed E-state index contributed by atoms with van der Waals surface area (Å²) < 4.78 is 0. The lowest BCUT2D eigenvalue weighted by atomic mass is 10.1. The van der Waals surface area contributed by atoms with Gasteiger partial charge in [-0.1, -0.05) is 0 Å². The third-order valence-corrected chi connectivity index (χ3v) is 8.98. The number of hydrogen-bond acceptors (Lipinski definition) is 9. The number of carbonyl (C=O) groups is 2. The van der Waals surface area contributed by atoms with Gasteiger partial charge in [-0.2, -0.15) is 0 Å². The number of thiophene rings is 2. The zero-order chi connectivity index (χ0) is 30.8. The average Bonchev–Trinajstić information content (AvgIpc) is 3.55. The van der Waals surface area contributed by atoms with Crippen molar-refractivity contribution in [2.24, 2.45) is 0 Å². The van der Waals surface area contributed by atoms with Gasteiger partial charge in [0, 0.05) is 63.9 Å². The van der Waals surface area contributed by atoms with Crippen LogP contribution < -0.4 is 10.2 Å². The van der Waals surface area contributed by atoms with E-state index in [2.05, 4.69) is 16.8 Å². The van der Waals surface area contributed by atoms with Gasteiger partial charge < -0.3 is 10.2 Å². The molecule has 0 atom stereocenters. The van der Waals surface area contributed by atoms with Crippen LogP contribution >= 0.6 is 34.3 Å². The van der Waals surface area contributed by atoms with E-state index in [1.807, 2.05) is 22.8 Å². The van der Waals surface area contributed by atoms with E-state index in [0.29, 0.717) is 12.1 Å². The van der Waals surface area contributed by atoms with Crippen molar-refractivity contribution < 1.29 is 19.4 Å². The normalized spacial score (nSPS) is 13.7. The number of anilines is 2. The van der Waals surface area contributed by atoms with Crippen LogP contribution in [-0.4, -0.2) is 34.1 Å². The van der Waals surface area contributed by atoms with Gasteiger partial charge in [0.1, 0.15) is 0 Å². The van der Waals surface area contributed by atoms with E-state index < -0.39 is 15.1 Å². The standard InChI is InChI=1S/C15H14N2O3S.C8H11NS.C7H4ClNO3/c18-15(11-4-6-12(7-5-11)17(19)20)16-9-2-1-3-14-13(16)8-10-21-14;1-2-5-9-7-4-6-10-8(7)3-1;8-7(10)5-1-3-6(4-2-5)9(11)12/h4-8,10H,1-3,9H2;4,6,9H,1-3,5H2;1-4H. The quantitative estimate of drug-likeness (QED) is 0.135. The first-order valence-corrected chi connectivity index (χ1v) is 15.8. The smallest absolute Gasteiger partial charge is 0.269 e. The van der Waals surface area contributed by atoms with Crippen LogP contribution in [0, 0.1) is 20.2 Å². The lowest BCUT2D eigenvalue weighted by Gasteiger charge is -2.21. The van der Waals surface area contributed by atoms with Crippen molar-refractivity contribution in [3.63, 3.8) is 0 Å². The molecule has 0 saturated heterocycles. The second-order valence-electron chi connectivity index (χ2n) is 9.67. The molecule has 0 radical (unpaired) electrons. The first-order valence-electron chi connectivity index (χ1n) is 13.6. The number of carbonyl (C=O) groups excluding carboxylic acids is 2. The Bertz CT molecular complexity index is 1520. The Morgan fingerprint density at radius 2 is 1.30 bits per heavy atom. The van der Waals surface area contributed by atoms with Gasteiger partial charge in [0.15, 0.2) is 0 Å². The summed E-state index contributed by atoms with van der Waals surface area (Å²) in [6.45, 7) is 1.85. The molecule has 2 aliphatic rings. The highest BCUT2D eigenvalue weighted by molar-refractivity contribution is 7.10. The minimum Gasteiger partial charge on any atom is -0.384 e. The number of nitro groups is 2. The monoisotopic (exact) mass is 640 g/mol. The zero-order valence-corrected chi connectivity index (χ0v) is 25.5. The molecule has 0 aliphatic carbocycles. The molecule has 0 spiro atoms. The second-order valence-corrected chi connectivity index (χ2v) is 12.0. The van der Waals surface area contributed by atoms with E-state index in [1.165, 1.54) is 83.2 Å². The molecule has 0 unspecified atom stereocenters. The predicted molar refractivity (Wildman–Crippen MR) is 171 cm³/mol. The number of nitrogens with one attached hydrogen (secondary N) is 1. The fourth-order valence-electron chi connectivity index (χ4n) is 4.57. The van der Waals surface area contributed by atoms with E-state index in [9.17, 15) is 29.8 Å². The molecule has 6 rings (SSSR count). The third-order valence-electron chi connectivity index (χ3n) is 6.82. The molecule has 2 aromatic carbocycles. The number of nitrogens with zero attached hydrogens (tertiary/aromatic N) is 3. The first kappa shape index (κ1) is 31.8. The molecular formula is C30H29ClN4O6S2. The Kier molecular flexibility index (Phi) is 11.4. The number of non-ortho nitro benzene ring substituents is 2. The fraction of sp³-hybridized carbons (Fsp3) is 0.267. The van der Waals surface area contributed by atoms with Crippen LogP contribution in [0.4, 0.5) is 22.7 Å². The maximum absolute atomic E-state index is 12.7. The van der Waals surface area contributed by atoms with Gasteiger partial charge in [-0.25, -0.2) is 0 Å². The molecular weight excluding hydrogens is 612 g/mol. The largest absolute Gasteiger partial charge is 0.384 e. The zero-order valence-electron chi connectivity index (χ0n) is 23.1. The highest BCUT2D eigenvalue weighted by atomic mass is 35.5. The molecule has 0 fully saturated rings. The summed E-state index contributed by atoms with van der Waals surface area (Å²) in [7, 11) is 0. The minimum absolute atomic E-state index is 0.00126. The molecule has 13 heteroatoms. The SMILES string of the molecule is O=C(Cl)c1ccc([N+](=O)[O-])cc1.O=C(c1ccc([N+](=O)[O-])cc1)N1CCCCc2sccc21.c1cc2c(s1)CCCCN2. The Hall–Kier alpha value is -4.13. The summed E-state index contributed by atoms with van der Waals surface area (Å²) in [5.41, 5.74) is 3.04. The number of aryl methyl sites for hydroxylation is 2. The Morgan fingerprint density at radius 3 is 1.93 bits per heavy atom. The Morgan fingerprint density at radius 1 is 0.744 bits per heavy atom. The topological polar surface area (TPSA) is 136 Å². The lowest BCUT2D eigenvalue weighted by molar-refractivity contribution is -0.385. The van der Waals surface area contributed by atoms with Crippen LogP contribution in [0.25, 0.3) is 0 Å². The third kappa shape index (κ3) is 8.69. The molecule has 2 aliphatic heterocycles. The number of amides is 1. The first-order chi connectivity index (χ1) is 20.7. The summed E-state index contributed by atoms with van der Waals surface area (Å²) in [5, 5.41) is 27.8. The van der Waals surface area contributed by atoms with E-state index in [-0.39, 0.29) is 22.8 Å². The van der Waals surface area contributed by atoms with Gasteiger partial charge in [-0.05, 0) is 97.3 Å². The van der Waals surface area contributed by atoms with Gasteiger partial charge in [0.25, 0.3) is 22.5 Å². The van der Waals surface area contributed by atoms with Crippen LogP contribution in [0.5, 0.6) is 0 Å². The van der Waals surface area contributed by atoms with E-state index in [4.69, 9.17) is 11.6 Å². The van der Waals surface area contributed by atoms with Crippen LogP contribution in [-0.2, 0) is 12.8 Å². The predicted octanol–water partition coefficient (Wildman–Crippen LogP) is 8.11. The Balaban J connectivity index is 0.000000162. The lowest BCUT2D eigenvalue weighted by Crippen LogP contribution is -2.31. The number of rotatable bonds is 4. The summed E-state index contributed by atoms with van der Waals surface area (Å²) in [5.74, 6) is -0.0913. The molecule has 1 N–H and O–H groups in total. The van der Waals surface area contributed by atoms with E-state index in [1.54, 1.807) is 16.2 Å². The fourth-order valence-corrected chi connectivity index (χ4v) is 6.52. The van der Waals surface area contributed by atoms with Crippen molar-refractivity contribution in [3.05, 3.63) is 113 Å². The average molecular weight is 641 g/mol. The van der Waals surface area contributed by atoms with Crippen molar-refractivity contribution in [1.29, 1.82) is 0 Å². The second kappa shape index (κ2) is 15.4. The highest BCUT2D eigenvalue weighted by Gasteiger charge is 2.23. The van der Waals surface area contributed by atoms with Crippen LogP contribution in [0.2, 0.25) is 0 Å². The molecule has 224 valence electrons. The van der Waals surface area contributed by atoms with Crippen molar-refractivity contribution in [3.8, 4) is 0 Å². The molecule has 4 aromatic rings. The number of benzene rings is 2. The summed E-state index contributed by atoms with van der Waals surface area (Å²) >= 11 is 8.68. The van der Waals surface area contributed by atoms with Gasteiger partial charge in [0.2, 0.25) is 0 Å². The van der Waals surface area contributed by atoms with Crippen LogP contribution in [0.1, 0.15) is 56.2 Å².